The molecule has 2 aliphatic rings. The van der Waals surface area contributed by atoms with Gasteiger partial charge in [-0.05, 0) is 48.6 Å². The Bertz CT molecular complexity index is 1260. The first-order chi connectivity index (χ1) is 16.3. The largest absolute Gasteiger partial charge is 0.353 e. The molecule has 2 N–H and O–H groups in total. The van der Waals surface area contributed by atoms with Gasteiger partial charge in [-0.3, -0.25) is 4.98 Å². The minimum atomic E-state index is 0.569. The van der Waals surface area contributed by atoms with E-state index < -0.39 is 0 Å². The first-order valence-corrected chi connectivity index (χ1v) is 11.7. The van der Waals surface area contributed by atoms with Gasteiger partial charge in [0.25, 0.3) is 0 Å². The van der Waals surface area contributed by atoms with E-state index in [-0.39, 0.29) is 0 Å². The van der Waals surface area contributed by atoms with Crippen LogP contribution in [0, 0.1) is 0 Å². The van der Waals surface area contributed by atoms with Gasteiger partial charge in [-0.25, -0.2) is 15.0 Å². The maximum atomic E-state index is 5.15. The lowest BCUT2D eigenvalue weighted by atomic mass is 9.79. The summed E-state index contributed by atoms with van der Waals surface area (Å²) in [6.07, 6.45) is 9.47. The van der Waals surface area contributed by atoms with Gasteiger partial charge in [0.05, 0.1) is 11.7 Å². The van der Waals surface area contributed by atoms with Crippen LogP contribution in [0.3, 0.4) is 0 Å². The Balaban J connectivity index is 1.45. The van der Waals surface area contributed by atoms with Crippen LogP contribution < -0.4 is 15.5 Å². The van der Waals surface area contributed by atoms with E-state index >= 15 is 0 Å². The molecule has 0 radical (unpaired) electrons. The third-order valence-corrected chi connectivity index (χ3v) is 6.64. The fourth-order valence-electron chi connectivity index (χ4n) is 4.66. The van der Waals surface area contributed by atoms with Crippen molar-refractivity contribution < 1.29 is 0 Å². The summed E-state index contributed by atoms with van der Waals surface area (Å²) in [5, 5.41) is 8.00. The van der Waals surface area contributed by atoms with Crippen molar-refractivity contribution in [1.82, 2.24) is 25.3 Å². The molecule has 1 saturated heterocycles. The number of nitrogens with one attached hydrogen (secondary N) is 2. The van der Waals surface area contributed by atoms with Crippen molar-refractivity contribution in [2.24, 2.45) is 0 Å². The normalized spacial score (nSPS) is 16.5. The van der Waals surface area contributed by atoms with Crippen molar-refractivity contribution in [3.05, 3.63) is 66.6 Å². The van der Waals surface area contributed by atoms with Crippen LogP contribution in [0.1, 0.15) is 30.7 Å². The van der Waals surface area contributed by atoms with E-state index in [2.05, 4.69) is 25.5 Å². The highest BCUT2D eigenvalue weighted by atomic mass is 15.2. The molecule has 33 heavy (non-hydrogen) atoms. The highest BCUT2D eigenvalue weighted by Gasteiger charge is 2.26. The monoisotopic (exact) mass is 437 g/mol. The quantitative estimate of drug-likeness (QED) is 0.476. The fourth-order valence-corrected chi connectivity index (χ4v) is 4.66. The summed E-state index contributed by atoms with van der Waals surface area (Å²) < 4.78 is 0. The second-order valence-corrected chi connectivity index (χ2v) is 8.78. The molecule has 1 aromatic carbocycles. The summed E-state index contributed by atoms with van der Waals surface area (Å²) in [5.74, 6) is 3.09. The van der Waals surface area contributed by atoms with Gasteiger partial charge in [0.2, 0.25) is 0 Å². The zero-order chi connectivity index (χ0) is 22.0. The van der Waals surface area contributed by atoms with Crippen LogP contribution in [0.25, 0.3) is 22.3 Å². The van der Waals surface area contributed by atoms with E-state index in [9.17, 15) is 0 Å². The molecular formula is C26H27N7. The van der Waals surface area contributed by atoms with Gasteiger partial charge in [-0.15, -0.1) is 0 Å². The number of benzene rings is 1. The van der Waals surface area contributed by atoms with Crippen molar-refractivity contribution >= 4 is 28.2 Å². The number of piperazine rings is 1. The SMILES string of the molecule is c1ccc(Nc2cc(-c3nc(N4CCNCC4)c4c(C5CCC5)cncc4n3)ccn2)cc1. The van der Waals surface area contributed by atoms with Crippen LogP contribution in [-0.2, 0) is 0 Å². The molecule has 4 aromatic rings. The van der Waals surface area contributed by atoms with Crippen LogP contribution in [0.5, 0.6) is 0 Å². The summed E-state index contributed by atoms with van der Waals surface area (Å²) in [6.45, 7) is 3.81. The Hall–Kier alpha value is -3.58. The lowest BCUT2D eigenvalue weighted by Gasteiger charge is -2.32. The molecule has 6 rings (SSSR count). The van der Waals surface area contributed by atoms with Gasteiger partial charge in [-0.1, -0.05) is 24.6 Å². The van der Waals surface area contributed by atoms with E-state index in [4.69, 9.17) is 9.97 Å². The lowest BCUT2D eigenvalue weighted by Crippen LogP contribution is -2.44. The minimum absolute atomic E-state index is 0.569. The first-order valence-electron chi connectivity index (χ1n) is 11.7. The van der Waals surface area contributed by atoms with E-state index in [1.165, 1.54) is 30.2 Å². The Morgan fingerprint density at radius 1 is 0.970 bits per heavy atom. The molecule has 4 heterocycles. The number of rotatable bonds is 5. The molecule has 1 saturated carbocycles. The fraction of sp³-hybridized carbons (Fsp3) is 0.308. The second kappa shape index (κ2) is 8.75. The molecule has 0 amide bonds. The molecule has 166 valence electrons. The smallest absolute Gasteiger partial charge is 0.162 e. The topological polar surface area (TPSA) is 78.9 Å². The number of para-hydroxylation sites is 1. The number of hydrogen-bond acceptors (Lipinski definition) is 7. The maximum absolute atomic E-state index is 5.15. The number of aromatic nitrogens is 4. The standard InChI is InChI=1S/C26H27N7/c1-2-7-20(8-3-1)30-23-15-19(9-10-29-23)25-31-22-17-28-16-21(18-5-4-6-18)24(22)26(32-25)33-13-11-27-12-14-33/h1-3,7-10,15-18,27H,4-6,11-14H2,(H,29,30). The van der Waals surface area contributed by atoms with Crippen molar-refractivity contribution in [1.29, 1.82) is 0 Å². The Morgan fingerprint density at radius 2 is 1.82 bits per heavy atom. The van der Waals surface area contributed by atoms with Gasteiger partial charge >= 0.3 is 0 Å². The summed E-state index contributed by atoms with van der Waals surface area (Å²) in [5.41, 5.74) is 4.17. The Labute approximate surface area is 193 Å². The molecule has 0 atom stereocenters. The Kier molecular flexibility index (Phi) is 5.32. The molecule has 7 nitrogen and oxygen atoms in total. The predicted molar refractivity (Wildman–Crippen MR) is 132 cm³/mol. The molecule has 2 fully saturated rings. The summed E-state index contributed by atoms with van der Waals surface area (Å²) in [4.78, 5) is 21.6. The van der Waals surface area contributed by atoms with Crippen LogP contribution in [0.15, 0.2) is 61.1 Å². The van der Waals surface area contributed by atoms with E-state index in [0.29, 0.717) is 11.7 Å². The van der Waals surface area contributed by atoms with Crippen LogP contribution >= 0.6 is 0 Å². The molecule has 0 bridgehead atoms. The zero-order valence-corrected chi connectivity index (χ0v) is 18.5. The molecule has 3 aromatic heterocycles. The zero-order valence-electron chi connectivity index (χ0n) is 18.5. The molecule has 1 aliphatic heterocycles. The van der Waals surface area contributed by atoms with Crippen LogP contribution in [0.2, 0.25) is 0 Å². The number of hydrogen-bond donors (Lipinski definition) is 2. The number of anilines is 3. The van der Waals surface area contributed by atoms with Crippen LogP contribution in [-0.4, -0.2) is 46.1 Å². The predicted octanol–water partition coefficient (Wildman–Crippen LogP) is 4.51. The summed E-state index contributed by atoms with van der Waals surface area (Å²) in [7, 11) is 0. The molecule has 0 spiro atoms. The molecular weight excluding hydrogens is 410 g/mol. The second-order valence-electron chi connectivity index (χ2n) is 8.78. The van der Waals surface area contributed by atoms with Gasteiger partial charge in [0.1, 0.15) is 11.6 Å². The lowest BCUT2D eigenvalue weighted by molar-refractivity contribution is 0.421. The average Bonchev–Trinajstić information content (AvgIpc) is 2.84. The molecule has 0 unspecified atom stereocenters. The third-order valence-electron chi connectivity index (χ3n) is 6.64. The number of pyridine rings is 2. The van der Waals surface area contributed by atoms with Crippen LogP contribution in [0.4, 0.5) is 17.3 Å². The van der Waals surface area contributed by atoms with Crippen molar-refractivity contribution in [3.8, 4) is 11.4 Å². The highest BCUT2D eigenvalue weighted by molar-refractivity contribution is 5.94. The van der Waals surface area contributed by atoms with Crippen molar-refractivity contribution in [2.75, 3.05) is 36.4 Å². The minimum Gasteiger partial charge on any atom is -0.353 e. The first kappa shape index (κ1) is 20.1. The van der Waals surface area contributed by atoms with Gasteiger partial charge in [-0.2, -0.15) is 0 Å². The van der Waals surface area contributed by atoms with E-state index in [0.717, 1.165) is 54.6 Å². The summed E-state index contributed by atoms with van der Waals surface area (Å²) >= 11 is 0. The van der Waals surface area contributed by atoms with Crippen molar-refractivity contribution in [3.63, 3.8) is 0 Å². The third kappa shape index (κ3) is 4.00. The van der Waals surface area contributed by atoms with E-state index in [1.54, 1.807) is 0 Å². The van der Waals surface area contributed by atoms with Crippen molar-refractivity contribution in [2.45, 2.75) is 25.2 Å². The van der Waals surface area contributed by atoms with Gasteiger partial charge in [0.15, 0.2) is 5.82 Å². The molecule has 7 heteroatoms. The summed E-state index contributed by atoms with van der Waals surface area (Å²) in [6, 6.07) is 14.0. The van der Waals surface area contributed by atoms with E-state index in [1.807, 2.05) is 61.1 Å². The maximum Gasteiger partial charge on any atom is 0.162 e. The Morgan fingerprint density at radius 3 is 2.61 bits per heavy atom. The molecule has 1 aliphatic carbocycles. The van der Waals surface area contributed by atoms with Gasteiger partial charge in [0, 0.05) is 55.2 Å². The highest BCUT2D eigenvalue weighted by Crippen LogP contribution is 2.42. The average molecular weight is 438 g/mol. The number of fused-ring (bicyclic) bond motifs is 1. The number of nitrogens with zero attached hydrogens (tertiary/aromatic N) is 5. The van der Waals surface area contributed by atoms with Gasteiger partial charge < -0.3 is 15.5 Å².